The predicted octanol–water partition coefficient (Wildman–Crippen LogP) is 7.81. The summed E-state index contributed by atoms with van der Waals surface area (Å²) in [7, 11) is 1.54. The van der Waals surface area contributed by atoms with Gasteiger partial charge in [-0.1, -0.05) is 29.8 Å². The molecule has 0 radical (unpaired) electrons. The van der Waals surface area contributed by atoms with E-state index in [-0.39, 0.29) is 80.7 Å². The largest absolute Gasteiger partial charge is 0.593 e. The maximum atomic E-state index is 15.5. The van der Waals surface area contributed by atoms with Crippen molar-refractivity contribution in [2.45, 2.75) is 43.7 Å². The molecule has 3 heterocycles. The van der Waals surface area contributed by atoms with Crippen molar-refractivity contribution in [2.75, 3.05) is 24.2 Å². The van der Waals surface area contributed by atoms with Crippen LogP contribution in [0.2, 0.25) is 5.02 Å². The standard InChI is InChI=1S/C43H35ClF6N8O5S/c1-56-37-32(11-10-29(44)35(37)40(54-56)55-64(2)61)58-41(52-30-18-25(8-9-26(30)42(58)60)63-13-12-62-24-6-4-3-5-7-24)31(16-21-14-22(45)17-23(46)15-21)51-33(59)20-57-38-34(36(53-57)39(47)48)27-19-28(27)43(38,49)50/h3-11,14-15,17-18,27-28,31,39H,12-13,16,19-20H2,1-2H3,(H,51,59)(H,54,55). The van der Waals surface area contributed by atoms with Crippen LogP contribution in [0.1, 0.15) is 53.1 Å². The average molecular weight is 925 g/mol. The van der Waals surface area contributed by atoms with E-state index in [1.807, 2.05) is 18.2 Å². The van der Waals surface area contributed by atoms with Crippen molar-refractivity contribution in [3.05, 3.63) is 134 Å². The smallest absolute Gasteiger partial charge is 0.293 e. The molecule has 2 aliphatic carbocycles. The molecule has 1 fully saturated rings. The molecule has 2 aliphatic rings. The van der Waals surface area contributed by atoms with E-state index in [4.69, 9.17) is 26.1 Å². The molecule has 0 spiro atoms. The highest BCUT2D eigenvalue weighted by Gasteiger charge is 2.67. The highest BCUT2D eigenvalue weighted by molar-refractivity contribution is 7.92. The van der Waals surface area contributed by atoms with E-state index in [1.165, 1.54) is 35.2 Å². The van der Waals surface area contributed by atoms with Gasteiger partial charge in [0.2, 0.25) is 11.7 Å². The van der Waals surface area contributed by atoms with Crippen LogP contribution in [0.4, 0.5) is 32.2 Å². The Morgan fingerprint density at radius 1 is 1.00 bits per heavy atom. The van der Waals surface area contributed by atoms with E-state index in [1.54, 1.807) is 25.2 Å². The highest BCUT2D eigenvalue weighted by atomic mass is 35.5. The number of carbonyl (C=O) groups excluding carboxylic acids is 1. The Bertz CT molecular complexity index is 3000. The summed E-state index contributed by atoms with van der Waals surface area (Å²) < 4.78 is 119. The fourth-order valence-electron chi connectivity index (χ4n) is 8.45. The minimum atomic E-state index is -3.53. The molecule has 7 aromatic rings. The number of nitrogens with one attached hydrogen (secondary N) is 2. The summed E-state index contributed by atoms with van der Waals surface area (Å²) in [5.41, 5.74) is -2.20. The third kappa shape index (κ3) is 7.98. The van der Waals surface area contributed by atoms with Gasteiger partial charge in [0.15, 0.2) is 0 Å². The summed E-state index contributed by atoms with van der Waals surface area (Å²) in [4.78, 5) is 34.0. The number of nitrogens with zero attached hydrogens (tertiary/aromatic N) is 6. The number of ether oxygens (including phenoxy) is 2. The summed E-state index contributed by atoms with van der Waals surface area (Å²) in [5.74, 6) is -7.71. The zero-order valence-electron chi connectivity index (χ0n) is 33.6. The molecule has 0 bridgehead atoms. The second-order valence-corrected chi connectivity index (χ2v) is 16.9. The Morgan fingerprint density at radius 2 is 1.72 bits per heavy atom. The first-order valence-electron chi connectivity index (χ1n) is 19.7. The lowest BCUT2D eigenvalue weighted by Gasteiger charge is -2.24. The number of rotatable bonds is 15. The number of para-hydroxylation sites is 1. The first-order chi connectivity index (χ1) is 30.6. The number of halogens is 7. The summed E-state index contributed by atoms with van der Waals surface area (Å²) >= 11 is 5.07. The summed E-state index contributed by atoms with van der Waals surface area (Å²) in [6, 6.07) is 17.6. The number of carbonyl (C=O) groups is 1. The molecule has 3 aromatic heterocycles. The second-order valence-electron chi connectivity index (χ2n) is 15.4. The van der Waals surface area contributed by atoms with Crippen molar-refractivity contribution in [1.29, 1.82) is 0 Å². The number of amides is 1. The van der Waals surface area contributed by atoms with E-state index in [9.17, 15) is 31.7 Å². The van der Waals surface area contributed by atoms with E-state index in [0.29, 0.717) is 16.5 Å². The maximum absolute atomic E-state index is 15.5. The molecule has 21 heteroatoms. The van der Waals surface area contributed by atoms with E-state index in [0.717, 1.165) is 16.7 Å². The van der Waals surface area contributed by atoms with Gasteiger partial charge in [0, 0.05) is 37.1 Å². The van der Waals surface area contributed by atoms with Crippen LogP contribution < -0.4 is 25.1 Å². The van der Waals surface area contributed by atoms with Gasteiger partial charge >= 0.3 is 0 Å². The third-order valence-electron chi connectivity index (χ3n) is 11.1. The first kappa shape index (κ1) is 43.0. The second kappa shape index (κ2) is 16.7. The van der Waals surface area contributed by atoms with Crippen LogP contribution in [0.15, 0.2) is 83.7 Å². The number of aryl methyl sites for hydroxylation is 1. The molecular formula is C43H35ClF6N8O5S. The number of fused-ring (bicyclic) bond motifs is 5. The van der Waals surface area contributed by atoms with Crippen LogP contribution in [0, 0.1) is 17.6 Å². The van der Waals surface area contributed by atoms with Gasteiger partial charge in [-0.2, -0.15) is 18.6 Å². The molecule has 332 valence electrons. The number of hydrogen-bond acceptors (Lipinski definition) is 9. The monoisotopic (exact) mass is 924 g/mol. The Morgan fingerprint density at radius 3 is 2.42 bits per heavy atom. The Hall–Kier alpha value is -6.25. The molecule has 0 saturated heterocycles. The van der Waals surface area contributed by atoms with Crippen molar-refractivity contribution >= 4 is 56.5 Å². The average Bonchev–Trinajstić information content (AvgIpc) is 3.78. The number of aromatic nitrogens is 6. The van der Waals surface area contributed by atoms with Gasteiger partial charge in [0.05, 0.1) is 49.9 Å². The minimum Gasteiger partial charge on any atom is -0.593 e. The maximum Gasteiger partial charge on any atom is 0.293 e. The lowest BCUT2D eigenvalue weighted by molar-refractivity contribution is -0.123. The molecular weight excluding hydrogens is 890 g/mol. The normalized spacial score (nSPS) is 17.0. The Balaban J connectivity index is 1.18. The van der Waals surface area contributed by atoms with Gasteiger partial charge in [-0.05, 0) is 66.4 Å². The zero-order chi connectivity index (χ0) is 45.2. The van der Waals surface area contributed by atoms with Crippen LogP contribution in [0.5, 0.6) is 11.5 Å². The molecule has 4 aromatic carbocycles. The molecule has 1 amide bonds. The highest BCUT2D eigenvalue weighted by Crippen LogP contribution is 2.68. The van der Waals surface area contributed by atoms with Crippen LogP contribution in [-0.2, 0) is 42.1 Å². The summed E-state index contributed by atoms with van der Waals surface area (Å²) in [6.07, 6.45) is -2.25. The number of hydrogen-bond donors (Lipinski definition) is 2. The zero-order valence-corrected chi connectivity index (χ0v) is 35.2. The molecule has 4 atom stereocenters. The SMILES string of the molecule is Cn1nc(N[S+](C)[O-])c2c(Cl)ccc(-n3c(C(Cc4cc(F)cc(F)c4)NC(=O)Cn4nc(C(F)F)c5c4C(F)(F)C4CC54)nc4cc(OCCOc5ccccc5)ccc4c3=O)c21. The molecule has 1 saturated carbocycles. The lowest BCUT2D eigenvalue weighted by Crippen LogP contribution is -2.38. The lowest BCUT2D eigenvalue weighted by atomic mass is 10.0. The van der Waals surface area contributed by atoms with Crippen LogP contribution in [0.3, 0.4) is 0 Å². The fraction of sp³-hybridized carbons (Fsp3) is 0.279. The molecule has 13 nitrogen and oxygen atoms in total. The Labute approximate surface area is 367 Å². The molecule has 64 heavy (non-hydrogen) atoms. The number of benzene rings is 4. The fourth-order valence-corrected chi connectivity index (χ4v) is 9.10. The van der Waals surface area contributed by atoms with Gasteiger partial charge in [-0.3, -0.25) is 23.5 Å². The van der Waals surface area contributed by atoms with Crippen molar-refractivity contribution in [2.24, 2.45) is 13.0 Å². The predicted molar refractivity (Wildman–Crippen MR) is 225 cm³/mol. The molecule has 2 N–H and O–H groups in total. The first-order valence-corrected chi connectivity index (χ1v) is 21.7. The third-order valence-corrected chi connectivity index (χ3v) is 11.9. The quantitative estimate of drug-likeness (QED) is 0.0596. The van der Waals surface area contributed by atoms with Crippen molar-refractivity contribution in [3.8, 4) is 17.2 Å². The van der Waals surface area contributed by atoms with E-state index < -0.39 is 89.0 Å². The van der Waals surface area contributed by atoms with Crippen LogP contribution in [0.25, 0.3) is 27.5 Å². The number of anilines is 1. The van der Waals surface area contributed by atoms with Crippen molar-refractivity contribution < 1.29 is 45.2 Å². The van der Waals surface area contributed by atoms with Crippen LogP contribution >= 0.6 is 11.6 Å². The van der Waals surface area contributed by atoms with Crippen LogP contribution in [-0.4, -0.2) is 59.0 Å². The van der Waals surface area contributed by atoms with Gasteiger partial charge in [0.25, 0.3) is 17.9 Å². The topological polar surface area (TPSA) is 153 Å². The van der Waals surface area contributed by atoms with Gasteiger partial charge in [-0.15, -0.1) is 5.10 Å². The van der Waals surface area contributed by atoms with E-state index in [2.05, 4.69) is 20.2 Å². The number of alkyl halides is 4. The summed E-state index contributed by atoms with van der Waals surface area (Å²) in [6.45, 7) is -0.720. The van der Waals surface area contributed by atoms with Gasteiger partial charge < -0.3 is 19.3 Å². The summed E-state index contributed by atoms with van der Waals surface area (Å²) in [5, 5.41) is 11.4. The molecule has 0 aliphatic heterocycles. The van der Waals surface area contributed by atoms with Gasteiger partial charge in [-0.25, -0.2) is 22.5 Å². The van der Waals surface area contributed by atoms with Crippen molar-refractivity contribution in [3.63, 3.8) is 0 Å². The molecule has 9 rings (SSSR count). The van der Waals surface area contributed by atoms with E-state index >= 15 is 8.78 Å². The Kier molecular flexibility index (Phi) is 11.2. The van der Waals surface area contributed by atoms with Gasteiger partial charge in [0.1, 0.15) is 66.4 Å². The minimum absolute atomic E-state index is 0.00570. The van der Waals surface area contributed by atoms with Crippen molar-refractivity contribution in [1.82, 2.24) is 34.4 Å². The molecule has 4 unspecified atom stereocenters.